The molecule has 0 fully saturated rings. The molecule has 0 aromatic rings. The fourth-order valence-electron chi connectivity index (χ4n) is 1.37. The van der Waals surface area contributed by atoms with Gasteiger partial charge in [-0.1, -0.05) is 0 Å². The first-order chi connectivity index (χ1) is 8.24. The molecule has 0 aromatic heterocycles. The molecule has 6 nitrogen and oxygen atoms in total. The average molecular weight is 258 g/mol. The minimum absolute atomic E-state index is 0.0289. The van der Waals surface area contributed by atoms with Crippen molar-refractivity contribution in [3.05, 3.63) is 0 Å². The van der Waals surface area contributed by atoms with Gasteiger partial charge in [0.2, 0.25) is 11.8 Å². The van der Waals surface area contributed by atoms with E-state index < -0.39 is 11.4 Å². The predicted molar refractivity (Wildman–Crippen MR) is 67.0 cm³/mol. The predicted octanol–water partition coefficient (Wildman–Crippen LogP) is 0.472. The molecule has 104 valence electrons. The van der Waals surface area contributed by atoms with Gasteiger partial charge in [-0.25, -0.2) is 0 Å². The van der Waals surface area contributed by atoms with E-state index >= 15 is 0 Å². The molecular formula is C12H22N2O4. The number of aliphatic carboxylic acids is 1. The van der Waals surface area contributed by atoms with Gasteiger partial charge in [-0.2, -0.15) is 0 Å². The van der Waals surface area contributed by atoms with Crippen molar-refractivity contribution >= 4 is 17.8 Å². The van der Waals surface area contributed by atoms with E-state index in [-0.39, 0.29) is 24.8 Å². The summed E-state index contributed by atoms with van der Waals surface area (Å²) in [6.07, 6.45) is -0.115. The monoisotopic (exact) mass is 258 g/mol. The van der Waals surface area contributed by atoms with Crippen LogP contribution in [-0.4, -0.2) is 47.4 Å². The molecule has 0 heterocycles. The maximum atomic E-state index is 11.9. The van der Waals surface area contributed by atoms with Crippen molar-refractivity contribution in [1.29, 1.82) is 0 Å². The zero-order valence-electron chi connectivity index (χ0n) is 11.4. The number of rotatable bonds is 7. The van der Waals surface area contributed by atoms with Crippen LogP contribution in [-0.2, 0) is 14.4 Å². The first kappa shape index (κ1) is 16.4. The third-order valence-corrected chi connectivity index (χ3v) is 2.61. The second kappa shape index (κ2) is 6.98. The number of amides is 2. The van der Waals surface area contributed by atoms with Crippen LogP contribution in [0.25, 0.3) is 0 Å². The van der Waals surface area contributed by atoms with Crippen LogP contribution in [0.5, 0.6) is 0 Å². The summed E-state index contributed by atoms with van der Waals surface area (Å²) in [6, 6.07) is 0. The van der Waals surface area contributed by atoms with E-state index in [4.69, 9.17) is 5.11 Å². The maximum Gasteiger partial charge on any atom is 0.309 e. The van der Waals surface area contributed by atoms with Gasteiger partial charge in [0, 0.05) is 19.5 Å². The van der Waals surface area contributed by atoms with Gasteiger partial charge in [0.25, 0.3) is 0 Å². The number of likely N-dealkylation sites (N-methyl/N-ethyl adjacent to an activating group) is 2. The van der Waals surface area contributed by atoms with E-state index in [1.54, 1.807) is 13.8 Å². The standard InChI is InChI=1S/C12H22N2O4/c1-5-13-9(15)8-14(6-2)10(16)7-12(3,4)11(17)18/h5-8H2,1-4H3,(H,13,15)(H,17,18). The van der Waals surface area contributed by atoms with Crippen LogP contribution in [0.3, 0.4) is 0 Å². The van der Waals surface area contributed by atoms with Crippen molar-refractivity contribution in [3.8, 4) is 0 Å². The average Bonchev–Trinajstić information content (AvgIpc) is 2.25. The normalized spacial score (nSPS) is 10.9. The Kier molecular flexibility index (Phi) is 6.36. The summed E-state index contributed by atoms with van der Waals surface area (Å²) in [4.78, 5) is 35.6. The number of carboxylic acid groups (broad SMARTS) is 1. The summed E-state index contributed by atoms with van der Waals surface area (Å²) in [7, 11) is 0. The largest absolute Gasteiger partial charge is 0.481 e. The van der Waals surface area contributed by atoms with Gasteiger partial charge < -0.3 is 15.3 Å². The Morgan fingerprint density at radius 3 is 2.17 bits per heavy atom. The Balaban J connectivity index is 4.53. The molecule has 0 unspecified atom stereocenters. The molecule has 0 rings (SSSR count). The number of hydrogen-bond donors (Lipinski definition) is 2. The van der Waals surface area contributed by atoms with E-state index in [1.165, 1.54) is 18.7 Å². The van der Waals surface area contributed by atoms with Gasteiger partial charge in [0.1, 0.15) is 0 Å². The number of carbonyl (C=O) groups is 3. The molecule has 0 radical (unpaired) electrons. The lowest BCUT2D eigenvalue weighted by molar-refractivity contribution is -0.151. The molecular weight excluding hydrogens is 236 g/mol. The smallest absolute Gasteiger partial charge is 0.309 e. The van der Waals surface area contributed by atoms with Crippen LogP contribution in [0.4, 0.5) is 0 Å². The number of carbonyl (C=O) groups excluding carboxylic acids is 2. The lowest BCUT2D eigenvalue weighted by atomic mass is 9.89. The highest BCUT2D eigenvalue weighted by molar-refractivity contribution is 5.88. The molecule has 0 aliphatic heterocycles. The van der Waals surface area contributed by atoms with Crippen LogP contribution in [0.15, 0.2) is 0 Å². The molecule has 0 saturated heterocycles. The molecule has 0 atom stereocenters. The Labute approximate surface area is 107 Å². The fraction of sp³-hybridized carbons (Fsp3) is 0.750. The summed E-state index contributed by atoms with van der Waals surface area (Å²) in [6.45, 7) is 7.39. The first-order valence-electron chi connectivity index (χ1n) is 6.02. The molecule has 0 aliphatic carbocycles. The third kappa shape index (κ3) is 5.16. The highest BCUT2D eigenvalue weighted by Gasteiger charge is 2.32. The Morgan fingerprint density at radius 1 is 1.22 bits per heavy atom. The van der Waals surface area contributed by atoms with E-state index in [2.05, 4.69) is 5.32 Å². The van der Waals surface area contributed by atoms with Gasteiger partial charge in [-0.05, 0) is 27.7 Å². The van der Waals surface area contributed by atoms with Crippen molar-refractivity contribution in [1.82, 2.24) is 10.2 Å². The van der Waals surface area contributed by atoms with Gasteiger partial charge >= 0.3 is 5.97 Å². The molecule has 0 saturated carbocycles. The van der Waals surface area contributed by atoms with Crippen molar-refractivity contribution in [2.24, 2.45) is 5.41 Å². The van der Waals surface area contributed by atoms with Crippen molar-refractivity contribution in [2.45, 2.75) is 34.1 Å². The number of nitrogens with zero attached hydrogens (tertiary/aromatic N) is 1. The molecule has 0 spiro atoms. The second-order valence-electron chi connectivity index (χ2n) is 4.73. The van der Waals surface area contributed by atoms with Gasteiger partial charge in [0.15, 0.2) is 0 Å². The number of nitrogens with one attached hydrogen (secondary N) is 1. The van der Waals surface area contributed by atoms with Gasteiger partial charge in [-0.15, -0.1) is 0 Å². The maximum absolute atomic E-state index is 11.9. The lowest BCUT2D eigenvalue weighted by Gasteiger charge is -2.25. The zero-order chi connectivity index (χ0) is 14.3. The van der Waals surface area contributed by atoms with Gasteiger partial charge in [0.05, 0.1) is 12.0 Å². The highest BCUT2D eigenvalue weighted by Crippen LogP contribution is 2.21. The van der Waals surface area contributed by atoms with Crippen LogP contribution >= 0.6 is 0 Å². The number of hydrogen-bond acceptors (Lipinski definition) is 3. The third-order valence-electron chi connectivity index (χ3n) is 2.61. The van der Waals surface area contributed by atoms with E-state index in [9.17, 15) is 14.4 Å². The molecule has 0 bridgehead atoms. The second-order valence-corrected chi connectivity index (χ2v) is 4.73. The summed E-state index contributed by atoms with van der Waals surface area (Å²) in [5.41, 5.74) is -1.12. The zero-order valence-corrected chi connectivity index (χ0v) is 11.4. The Bertz CT molecular complexity index is 326. The summed E-state index contributed by atoms with van der Waals surface area (Å²) < 4.78 is 0. The van der Waals surface area contributed by atoms with E-state index in [0.717, 1.165) is 0 Å². The highest BCUT2D eigenvalue weighted by atomic mass is 16.4. The minimum Gasteiger partial charge on any atom is -0.481 e. The molecule has 0 aromatic carbocycles. The molecule has 2 amide bonds. The fourth-order valence-corrected chi connectivity index (χ4v) is 1.37. The molecule has 0 aliphatic rings. The molecule has 2 N–H and O–H groups in total. The molecule has 6 heteroatoms. The minimum atomic E-state index is -1.12. The van der Waals surface area contributed by atoms with Gasteiger partial charge in [-0.3, -0.25) is 14.4 Å². The van der Waals surface area contributed by atoms with E-state index in [1.807, 2.05) is 0 Å². The SMILES string of the molecule is CCNC(=O)CN(CC)C(=O)CC(C)(C)C(=O)O. The van der Waals surface area contributed by atoms with Crippen LogP contribution in [0.1, 0.15) is 34.1 Å². The number of carboxylic acids is 1. The van der Waals surface area contributed by atoms with Crippen molar-refractivity contribution in [3.63, 3.8) is 0 Å². The Morgan fingerprint density at radius 2 is 1.78 bits per heavy atom. The summed E-state index contributed by atoms with van der Waals surface area (Å²) >= 11 is 0. The first-order valence-corrected chi connectivity index (χ1v) is 6.02. The van der Waals surface area contributed by atoms with Crippen LogP contribution in [0, 0.1) is 5.41 Å². The molecule has 18 heavy (non-hydrogen) atoms. The van der Waals surface area contributed by atoms with E-state index in [0.29, 0.717) is 13.1 Å². The van der Waals surface area contributed by atoms with Crippen molar-refractivity contribution in [2.75, 3.05) is 19.6 Å². The Hall–Kier alpha value is -1.59. The van der Waals surface area contributed by atoms with Crippen LogP contribution < -0.4 is 5.32 Å². The topological polar surface area (TPSA) is 86.7 Å². The summed E-state index contributed by atoms with van der Waals surface area (Å²) in [5, 5.41) is 11.6. The van der Waals surface area contributed by atoms with Crippen LogP contribution in [0.2, 0.25) is 0 Å². The summed E-state index contributed by atoms with van der Waals surface area (Å²) in [5.74, 6) is -1.58. The lowest BCUT2D eigenvalue weighted by Crippen LogP contribution is -2.42. The van der Waals surface area contributed by atoms with Crippen molar-refractivity contribution < 1.29 is 19.5 Å². The quantitative estimate of drug-likeness (QED) is 0.695.